The van der Waals surface area contributed by atoms with Crippen molar-refractivity contribution in [2.75, 3.05) is 24.3 Å². The number of unbranched alkanes of at least 4 members (excludes halogenated alkanes) is 2. The summed E-state index contributed by atoms with van der Waals surface area (Å²) in [5.41, 5.74) is 2.44. The first kappa shape index (κ1) is 24.0. The third-order valence-electron chi connectivity index (χ3n) is 5.77. The third-order valence-corrected chi connectivity index (χ3v) is 7.61. The summed E-state index contributed by atoms with van der Waals surface area (Å²) >= 11 is 3.37. The molecule has 0 unspecified atom stereocenters. The first-order chi connectivity index (χ1) is 15.2. The Bertz CT molecular complexity index is 837. The first-order valence-electron chi connectivity index (χ1n) is 11.2. The minimum atomic E-state index is 0.0366. The van der Waals surface area contributed by atoms with Crippen LogP contribution in [0.2, 0.25) is 0 Å². The molecule has 1 aliphatic rings. The van der Waals surface area contributed by atoms with E-state index in [1.54, 1.807) is 23.7 Å². The smallest absolute Gasteiger partial charge is 0.157 e. The minimum Gasteiger partial charge on any atom is -0.485 e. The molecule has 0 radical (unpaired) electrons. The van der Waals surface area contributed by atoms with E-state index in [0.29, 0.717) is 0 Å². The highest BCUT2D eigenvalue weighted by Crippen LogP contribution is 2.45. The number of carbonyl (C=O) groups excluding carboxylic acids is 1. The fourth-order valence-corrected chi connectivity index (χ4v) is 5.64. The zero-order valence-corrected chi connectivity index (χ0v) is 20.5. The molecule has 6 heteroatoms. The predicted molar refractivity (Wildman–Crippen MR) is 134 cm³/mol. The number of thioether (sulfide) groups is 1. The Morgan fingerprint density at radius 1 is 1.16 bits per heavy atom. The van der Waals surface area contributed by atoms with Crippen molar-refractivity contribution in [1.82, 2.24) is 4.72 Å². The highest BCUT2D eigenvalue weighted by atomic mass is 32.2. The number of hydrogen-bond donors (Lipinski definition) is 1. The van der Waals surface area contributed by atoms with Gasteiger partial charge in [0, 0.05) is 17.8 Å². The third kappa shape index (κ3) is 5.99. The molecule has 0 aliphatic carbocycles. The van der Waals surface area contributed by atoms with Gasteiger partial charge in [-0.1, -0.05) is 57.7 Å². The number of ether oxygens (including phenoxy) is 1. The van der Waals surface area contributed by atoms with Crippen molar-refractivity contribution < 1.29 is 9.53 Å². The van der Waals surface area contributed by atoms with E-state index in [2.05, 4.69) is 72.2 Å². The number of carbonyl (C=O) groups is 1. The van der Waals surface area contributed by atoms with Crippen molar-refractivity contribution >= 4 is 41.4 Å². The number of anilines is 2. The van der Waals surface area contributed by atoms with Crippen LogP contribution in [-0.4, -0.2) is 31.2 Å². The van der Waals surface area contributed by atoms with E-state index in [1.165, 1.54) is 37.1 Å². The molecule has 1 aliphatic heterocycles. The van der Waals surface area contributed by atoms with Gasteiger partial charge >= 0.3 is 0 Å². The Balaban J connectivity index is 2.08. The van der Waals surface area contributed by atoms with Gasteiger partial charge in [-0.25, -0.2) is 0 Å². The number of para-hydroxylation sites is 1. The van der Waals surface area contributed by atoms with Crippen LogP contribution < -0.4 is 14.4 Å². The highest BCUT2D eigenvalue weighted by Gasteiger charge is 2.36. The molecule has 3 rings (SSSR count). The molecule has 0 spiro atoms. The second-order valence-corrected chi connectivity index (χ2v) is 9.76. The summed E-state index contributed by atoms with van der Waals surface area (Å²) in [5, 5.41) is 0. The van der Waals surface area contributed by atoms with Crippen LogP contribution in [0.15, 0.2) is 52.3 Å². The Labute approximate surface area is 195 Å². The van der Waals surface area contributed by atoms with Gasteiger partial charge in [0.25, 0.3) is 0 Å². The molecular formula is C25H34N2O2S2. The van der Waals surface area contributed by atoms with E-state index in [9.17, 15) is 4.79 Å². The molecule has 2 aromatic rings. The molecule has 1 heterocycles. The Morgan fingerprint density at radius 2 is 1.87 bits per heavy atom. The molecule has 0 saturated heterocycles. The lowest BCUT2D eigenvalue weighted by Crippen LogP contribution is -2.49. The molecule has 0 atom stereocenters. The average Bonchev–Trinajstić information content (AvgIpc) is 2.97. The van der Waals surface area contributed by atoms with Gasteiger partial charge in [0.1, 0.15) is 12.4 Å². The number of aldehydes is 1. The Hall–Kier alpha value is -1.63. The van der Waals surface area contributed by atoms with E-state index in [1.807, 2.05) is 0 Å². The quantitative estimate of drug-likeness (QED) is 0.225. The molecule has 4 nitrogen and oxygen atoms in total. The van der Waals surface area contributed by atoms with Crippen LogP contribution in [0.3, 0.4) is 0 Å². The normalized spacial score (nSPS) is 15.3. The van der Waals surface area contributed by atoms with E-state index in [0.717, 1.165) is 41.2 Å². The van der Waals surface area contributed by atoms with E-state index >= 15 is 0 Å². The maximum atomic E-state index is 10.9. The number of benzene rings is 2. The van der Waals surface area contributed by atoms with Gasteiger partial charge in [-0.2, -0.15) is 0 Å². The van der Waals surface area contributed by atoms with Crippen molar-refractivity contribution in [1.29, 1.82) is 0 Å². The molecule has 0 bridgehead atoms. The molecule has 31 heavy (non-hydrogen) atoms. The average molecular weight is 459 g/mol. The van der Waals surface area contributed by atoms with Crippen molar-refractivity contribution in [3.05, 3.63) is 42.5 Å². The lowest BCUT2D eigenvalue weighted by Gasteiger charge is -2.38. The van der Waals surface area contributed by atoms with Crippen LogP contribution >= 0.6 is 23.7 Å². The highest BCUT2D eigenvalue weighted by molar-refractivity contribution is 7.98. The summed E-state index contributed by atoms with van der Waals surface area (Å²) in [5.74, 6) is 0.773. The zero-order chi connectivity index (χ0) is 22.1. The second-order valence-electron chi connectivity index (χ2n) is 8.06. The van der Waals surface area contributed by atoms with Crippen LogP contribution in [0.1, 0.15) is 52.4 Å². The topological polar surface area (TPSA) is 41.6 Å². The molecule has 168 valence electrons. The number of nitrogens with zero attached hydrogens (tertiary/aromatic N) is 1. The Kier molecular flexibility index (Phi) is 9.17. The maximum absolute atomic E-state index is 10.9. The molecule has 0 fully saturated rings. The number of nitrogens with one attached hydrogen (secondary N) is 1. The monoisotopic (exact) mass is 458 g/mol. The van der Waals surface area contributed by atoms with E-state index in [-0.39, 0.29) is 12.1 Å². The molecule has 0 saturated carbocycles. The SMILES string of the molecule is CCCCC1(CCCC)CN(c2ccccc2)c2cc(SC)c(OCC=O)cc2SN1. The Morgan fingerprint density at radius 3 is 2.48 bits per heavy atom. The summed E-state index contributed by atoms with van der Waals surface area (Å²) in [6, 6.07) is 15.0. The fourth-order valence-electron chi connectivity index (χ4n) is 4.06. The number of fused-ring (bicyclic) bond motifs is 1. The summed E-state index contributed by atoms with van der Waals surface area (Å²) in [6.45, 7) is 5.54. The van der Waals surface area contributed by atoms with Gasteiger partial charge in [-0.3, -0.25) is 9.52 Å². The summed E-state index contributed by atoms with van der Waals surface area (Å²) in [4.78, 5) is 15.5. The molecule has 0 aromatic heterocycles. The van der Waals surface area contributed by atoms with Crippen molar-refractivity contribution in [3.8, 4) is 5.75 Å². The molecule has 2 aromatic carbocycles. The van der Waals surface area contributed by atoms with Crippen molar-refractivity contribution in [2.45, 2.75) is 67.7 Å². The number of hydrogen-bond acceptors (Lipinski definition) is 6. The summed E-state index contributed by atoms with van der Waals surface area (Å²) in [6.07, 6.45) is 9.96. The standard InChI is InChI=1S/C25H34N2O2S2/c1-4-6-13-25(14-7-5-2)19-27(20-11-9-8-10-12-20)21-17-24(30-3)22(29-16-15-28)18-23(21)31-26-25/h8-12,15,17-18,26H,4-7,13-14,16,19H2,1-3H3. The van der Waals surface area contributed by atoms with Gasteiger partial charge in [0.2, 0.25) is 0 Å². The lowest BCUT2D eigenvalue weighted by molar-refractivity contribution is -0.109. The van der Waals surface area contributed by atoms with Gasteiger partial charge in [-0.05, 0) is 55.3 Å². The van der Waals surface area contributed by atoms with Crippen LogP contribution in [0.25, 0.3) is 0 Å². The fraction of sp³-hybridized carbons (Fsp3) is 0.480. The van der Waals surface area contributed by atoms with Crippen molar-refractivity contribution in [2.24, 2.45) is 0 Å². The van der Waals surface area contributed by atoms with Gasteiger partial charge in [-0.15, -0.1) is 11.8 Å². The minimum absolute atomic E-state index is 0.0366. The largest absolute Gasteiger partial charge is 0.485 e. The number of rotatable bonds is 11. The van der Waals surface area contributed by atoms with E-state index < -0.39 is 0 Å². The van der Waals surface area contributed by atoms with Gasteiger partial charge in [0.05, 0.1) is 15.5 Å². The van der Waals surface area contributed by atoms with Crippen molar-refractivity contribution in [3.63, 3.8) is 0 Å². The summed E-state index contributed by atoms with van der Waals surface area (Å²) in [7, 11) is 0. The first-order valence-corrected chi connectivity index (χ1v) is 13.3. The lowest BCUT2D eigenvalue weighted by atomic mass is 9.87. The van der Waals surface area contributed by atoms with Crippen LogP contribution in [0, 0.1) is 0 Å². The maximum Gasteiger partial charge on any atom is 0.157 e. The van der Waals surface area contributed by atoms with Crippen LogP contribution in [0.5, 0.6) is 5.75 Å². The zero-order valence-electron chi connectivity index (χ0n) is 18.9. The molecule has 1 N–H and O–H groups in total. The van der Waals surface area contributed by atoms with Gasteiger partial charge in [0.15, 0.2) is 6.29 Å². The second kappa shape index (κ2) is 11.8. The molecule has 0 amide bonds. The predicted octanol–water partition coefficient (Wildman–Crippen LogP) is 6.85. The van der Waals surface area contributed by atoms with E-state index in [4.69, 9.17) is 4.74 Å². The summed E-state index contributed by atoms with van der Waals surface area (Å²) < 4.78 is 9.64. The van der Waals surface area contributed by atoms with Crippen LogP contribution in [-0.2, 0) is 4.79 Å². The van der Waals surface area contributed by atoms with Gasteiger partial charge < -0.3 is 9.64 Å². The molecular weight excluding hydrogens is 424 g/mol. The van der Waals surface area contributed by atoms with Crippen LogP contribution in [0.4, 0.5) is 11.4 Å².